The van der Waals surface area contributed by atoms with Gasteiger partial charge in [-0.15, -0.1) is 6.58 Å². The van der Waals surface area contributed by atoms with Crippen LogP contribution in [0.15, 0.2) is 12.7 Å². The van der Waals surface area contributed by atoms with Crippen molar-refractivity contribution in [3.05, 3.63) is 12.7 Å². The van der Waals surface area contributed by atoms with Crippen LogP contribution in [-0.4, -0.2) is 66.3 Å². The van der Waals surface area contributed by atoms with Crippen molar-refractivity contribution in [2.45, 2.75) is 19.8 Å². The van der Waals surface area contributed by atoms with Crippen LogP contribution in [0.25, 0.3) is 0 Å². The molecule has 0 saturated carbocycles. The average molecular weight is 322 g/mol. The Hall–Kier alpha value is -2.22. The van der Waals surface area contributed by atoms with Crippen molar-refractivity contribution >= 4 is 23.8 Å². The van der Waals surface area contributed by atoms with Crippen molar-refractivity contribution in [2.24, 2.45) is 5.41 Å². The third kappa shape index (κ3) is 3.76. The molecule has 8 nitrogen and oxygen atoms in total. The van der Waals surface area contributed by atoms with Crippen LogP contribution < -0.4 is 10.6 Å². The maximum Gasteiger partial charge on any atom is 0.335 e. The van der Waals surface area contributed by atoms with Gasteiger partial charge in [0.25, 0.3) is 0 Å². The maximum atomic E-state index is 12.0. The second-order valence-corrected chi connectivity index (χ2v) is 6.22. The lowest BCUT2D eigenvalue weighted by Crippen LogP contribution is -2.46. The van der Waals surface area contributed by atoms with Gasteiger partial charge in [0, 0.05) is 13.1 Å². The first-order valence-electron chi connectivity index (χ1n) is 7.63. The summed E-state index contributed by atoms with van der Waals surface area (Å²) < 4.78 is 0. The molecule has 0 spiro atoms. The molecule has 0 aromatic rings. The minimum atomic E-state index is -0.972. The van der Waals surface area contributed by atoms with Gasteiger partial charge in [-0.05, 0) is 31.3 Å². The number of urea groups is 1. The first-order valence-corrected chi connectivity index (χ1v) is 7.63. The maximum absolute atomic E-state index is 12.0. The third-order valence-corrected chi connectivity index (χ3v) is 4.27. The second-order valence-electron chi connectivity index (χ2n) is 6.22. The molecule has 2 saturated heterocycles. The zero-order valence-electron chi connectivity index (χ0n) is 13.3. The van der Waals surface area contributed by atoms with Crippen LogP contribution in [0.4, 0.5) is 4.79 Å². The first kappa shape index (κ1) is 17.1. The molecule has 0 radical (unpaired) electrons. The number of hydrogen-bond donors (Lipinski definition) is 2. The van der Waals surface area contributed by atoms with Gasteiger partial charge in [-0.2, -0.15) is 0 Å². The first-order chi connectivity index (χ1) is 10.9. The smallest absolute Gasteiger partial charge is 0.335 e. The van der Waals surface area contributed by atoms with Crippen molar-refractivity contribution in [3.63, 3.8) is 0 Å². The van der Waals surface area contributed by atoms with Crippen molar-refractivity contribution in [2.75, 3.05) is 32.7 Å². The standard InChI is InChI=1S/C15H22N4O4/c1-3-8-18-12(21)13(22)19(14(18)23)9-11(20)17-10-15(2)4-6-16-7-5-15/h3,16H,1,4-10H2,2H3,(H,17,20). The van der Waals surface area contributed by atoms with Gasteiger partial charge >= 0.3 is 17.8 Å². The SMILES string of the molecule is C=CCN1C(=O)C(=O)N(CC(=O)NCC2(C)CCNCC2)C1=O. The van der Waals surface area contributed by atoms with E-state index < -0.39 is 30.3 Å². The van der Waals surface area contributed by atoms with Gasteiger partial charge in [-0.1, -0.05) is 13.0 Å². The molecule has 2 N–H and O–H groups in total. The lowest BCUT2D eigenvalue weighted by molar-refractivity contribution is -0.143. The van der Waals surface area contributed by atoms with E-state index in [-0.39, 0.29) is 12.0 Å². The van der Waals surface area contributed by atoms with Crippen molar-refractivity contribution < 1.29 is 19.2 Å². The van der Waals surface area contributed by atoms with Gasteiger partial charge in [-0.25, -0.2) is 9.69 Å². The Kier molecular flexibility index (Phi) is 5.15. The van der Waals surface area contributed by atoms with Crippen LogP contribution >= 0.6 is 0 Å². The molecule has 5 amide bonds. The normalized spacial score (nSPS) is 20.8. The molecule has 0 unspecified atom stereocenters. The molecule has 2 fully saturated rings. The van der Waals surface area contributed by atoms with E-state index >= 15 is 0 Å². The average Bonchev–Trinajstić information content (AvgIpc) is 2.72. The number of imide groups is 2. The van der Waals surface area contributed by atoms with E-state index in [4.69, 9.17) is 0 Å². The summed E-state index contributed by atoms with van der Waals surface area (Å²) in [7, 11) is 0. The molecular weight excluding hydrogens is 300 g/mol. The van der Waals surface area contributed by atoms with Crippen LogP contribution in [-0.2, 0) is 14.4 Å². The van der Waals surface area contributed by atoms with Gasteiger partial charge in [0.1, 0.15) is 6.54 Å². The van der Waals surface area contributed by atoms with Gasteiger partial charge in [-0.3, -0.25) is 19.3 Å². The summed E-state index contributed by atoms with van der Waals surface area (Å²) in [6, 6.07) is -0.775. The number of amides is 5. The number of nitrogens with zero attached hydrogens (tertiary/aromatic N) is 2. The van der Waals surface area contributed by atoms with Crippen molar-refractivity contribution in [1.82, 2.24) is 20.4 Å². The highest BCUT2D eigenvalue weighted by Crippen LogP contribution is 2.26. The van der Waals surface area contributed by atoms with Gasteiger partial charge in [0.05, 0.1) is 0 Å². The molecule has 0 bridgehead atoms. The number of nitrogens with one attached hydrogen (secondary N) is 2. The summed E-state index contributed by atoms with van der Waals surface area (Å²) in [6.07, 6.45) is 3.24. The molecule has 0 aromatic heterocycles. The molecule has 23 heavy (non-hydrogen) atoms. The summed E-state index contributed by atoms with van der Waals surface area (Å²) in [5.74, 6) is -2.34. The van der Waals surface area contributed by atoms with E-state index in [1.54, 1.807) is 0 Å². The van der Waals surface area contributed by atoms with Gasteiger partial charge < -0.3 is 10.6 Å². The summed E-state index contributed by atoms with van der Waals surface area (Å²) in [6.45, 7) is 7.32. The van der Waals surface area contributed by atoms with Crippen LogP contribution in [0.5, 0.6) is 0 Å². The van der Waals surface area contributed by atoms with Crippen molar-refractivity contribution in [3.8, 4) is 0 Å². The summed E-state index contributed by atoms with van der Waals surface area (Å²) in [5, 5.41) is 6.02. The molecule has 0 aliphatic carbocycles. The fourth-order valence-electron chi connectivity index (χ4n) is 2.70. The molecular formula is C15H22N4O4. The van der Waals surface area contributed by atoms with Crippen molar-refractivity contribution in [1.29, 1.82) is 0 Å². The van der Waals surface area contributed by atoms with E-state index in [2.05, 4.69) is 24.1 Å². The minimum Gasteiger partial charge on any atom is -0.354 e. The summed E-state index contributed by atoms with van der Waals surface area (Å²) >= 11 is 0. The zero-order chi connectivity index (χ0) is 17.0. The van der Waals surface area contributed by atoms with Crippen LogP contribution in [0.1, 0.15) is 19.8 Å². The van der Waals surface area contributed by atoms with E-state index in [9.17, 15) is 19.2 Å². The Morgan fingerprint density at radius 3 is 2.48 bits per heavy atom. The van der Waals surface area contributed by atoms with Gasteiger partial charge in [0.15, 0.2) is 0 Å². The lowest BCUT2D eigenvalue weighted by atomic mass is 9.81. The van der Waals surface area contributed by atoms with E-state index in [0.717, 1.165) is 30.8 Å². The molecule has 126 valence electrons. The molecule has 2 rings (SSSR count). The van der Waals surface area contributed by atoms with Gasteiger partial charge in [0.2, 0.25) is 5.91 Å². The zero-order valence-corrected chi connectivity index (χ0v) is 13.3. The largest absolute Gasteiger partial charge is 0.354 e. The molecule has 0 atom stereocenters. The number of rotatable bonds is 6. The number of carbonyl (C=O) groups excluding carboxylic acids is 4. The van der Waals surface area contributed by atoms with Crippen LogP contribution in [0.3, 0.4) is 0 Å². The Morgan fingerprint density at radius 1 is 1.26 bits per heavy atom. The number of piperidine rings is 1. The third-order valence-electron chi connectivity index (χ3n) is 4.27. The second kappa shape index (κ2) is 6.91. The minimum absolute atomic E-state index is 0.00460. The highest BCUT2D eigenvalue weighted by Gasteiger charge is 2.44. The summed E-state index contributed by atoms with van der Waals surface area (Å²) in [5.41, 5.74) is 0.00460. The molecule has 8 heteroatoms. The Bertz CT molecular complexity index is 540. The molecule has 2 aliphatic heterocycles. The quantitative estimate of drug-likeness (QED) is 0.389. The lowest BCUT2D eigenvalue weighted by Gasteiger charge is -2.34. The fraction of sp³-hybridized carbons (Fsp3) is 0.600. The Balaban J connectivity index is 1.89. The fourth-order valence-corrected chi connectivity index (χ4v) is 2.70. The van der Waals surface area contributed by atoms with E-state index in [0.29, 0.717) is 11.4 Å². The highest BCUT2D eigenvalue weighted by molar-refractivity contribution is 6.45. The topological polar surface area (TPSA) is 98.8 Å². The van der Waals surface area contributed by atoms with E-state index in [1.165, 1.54) is 6.08 Å². The Morgan fingerprint density at radius 2 is 1.87 bits per heavy atom. The molecule has 2 aliphatic rings. The number of hydrogen-bond acceptors (Lipinski definition) is 5. The predicted molar refractivity (Wildman–Crippen MR) is 82.2 cm³/mol. The monoisotopic (exact) mass is 322 g/mol. The molecule has 2 heterocycles. The van der Waals surface area contributed by atoms with Crippen LogP contribution in [0, 0.1) is 5.41 Å². The highest BCUT2D eigenvalue weighted by atomic mass is 16.2. The number of carbonyl (C=O) groups is 4. The Labute approximate surface area is 134 Å². The predicted octanol–water partition coefficient (Wildman–Crippen LogP) is -0.531. The van der Waals surface area contributed by atoms with E-state index in [1.807, 2.05) is 0 Å². The summed E-state index contributed by atoms with van der Waals surface area (Å²) in [4.78, 5) is 48.9. The van der Waals surface area contributed by atoms with Crippen LogP contribution in [0.2, 0.25) is 0 Å². The molecule has 0 aromatic carbocycles.